The zero-order valence-electron chi connectivity index (χ0n) is 11.9. The van der Waals surface area contributed by atoms with E-state index in [0.717, 1.165) is 16.8 Å². The van der Waals surface area contributed by atoms with Crippen molar-refractivity contribution in [2.75, 3.05) is 12.4 Å². The molecule has 0 aliphatic rings. The highest BCUT2D eigenvalue weighted by Gasteiger charge is 2.08. The first-order chi connectivity index (χ1) is 9.49. The van der Waals surface area contributed by atoms with Crippen LogP contribution >= 0.6 is 0 Å². The third-order valence-electron chi connectivity index (χ3n) is 2.97. The Kier molecular flexibility index (Phi) is 4.13. The van der Waals surface area contributed by atoms with Crippen LogP contribution in [0.5, 0.6) is 5.75 Å². The van der Waals surface area contributed by atoms with Gasteiger partial charge < -0.3 is 10.1 Å². The highest BCUT2D eigenvalue weighted by Crippen LogP contribution is 2.15. The van der Waals surface area contributed by atoms with Crippen LogP contribution in [0.4, 0.5) is 5.69 Å². The molecule has 2 aromatic rings. The highest BCUT2D eigenvalue weighted by atomic mass is 16.5. The Morgan fingerprint density at radius 3 is 2.30 bits per heavy atom. The van der Waals surface area contributed by atoms with Crippen LogP contribution in [-0.4, -0.2) is 20.9 Å². The molecule has 0 aliphatic heterocycles. The lowest BCUT2D eigenvalue weighted by molar-refractivity contribution is 0.102. The van der Waals surface area contributed by atoms with Gasteiger partial charge in [-0.15, -0.1) is 0 Å². The minimum absolute atomic E-state index is 0.190. The van der Waals surface area contributed by atoms with Gasteiger partial charge in [-0.2, -0.15) is 0 Å². The normalized spacial score (nSPS) is 10.2. The maximum atomic E-state index is 12.2. The van der Waals surface area contributed by atoms with Crippen LogP contribution in [0.25, 0.3) is 0 Å². The molecule has 0 saturated carbocycles. The first-order valence-electron chi connectivity index (χ1n) is 6.33. The number of carbonyl (C=O) groups excluding carboxylic acids is 1. The van der Waals surface area contributed by atoms with E-state index in [1.165, 1.54) is 0 Å². The quantitative estimate of drug-likeness (QED) is 0.865. The fourth-order valence-corrected chi connectivity index (χ4v) is 2.13. The predicted octanol–water partition coefficient (Wildman–Crippen LogP) is 2.36. The van der Waals surface area contributed by atoms with Crippen LogP contribution in [0.15, 0.2) is 36.4 Å². The standard InChI is InChI=1S/C16H16BNO2/c1-10-6-11(2)8-13(7-10)18-16(19)12-4-5-15(20-3)14(17)9-12/h4-9H,1-3H3,(H,18,19). The van der Waals surface area contributed by atoms with E-state index in [1.807, 2.05) is 26.0 Å². The molecule has 0 atom stereocenters. The van der Waals surface area contributed by atoms with Gasteiger partial charge in [0, 0.05) is 11.3 Å². The smallest absolute Gasteiger partial charge is 0.255 e. The molecule has 0 fully saturated rings. The molecule has 4 heteroatoms. The number of methoxy groups -OCH3 is 1. The van der Waals surface area contributed by atoms with Crippen molar-refractivity contribution in [1.82, 2.24) is 0 Å². The fraction of sp³-hybridized carbons (Fsp3) is 0.188. The third kappa shape index (κ3) is 3.21. The van der Waals surface area contributed by atoms with E-state index >= 15 is 0 Å². The van der Waals surface area contributed by atoms with Gasteiger partial charge in [-0.05, 0) is 49.2 Å². The largest absolute Gasteiger partial charge is 0.497 e. The number of hydrogen-bond acceptors (Lipinski definition) is 2. The van der Waals surface area contributed by atoms with E-state index in [9.17, 15) is 4.79 Å². The fourth-order valence-electron chi connectivity index (χ4n) is 2.13. The molecule has 20 heavy (non-hydrogen) atoms. The molecular formula is C16H16BNO2. The van der Waals surface area contributed by atoms with Crippen LogP contribution in [0.1, 0.15) is 21.5 Å². The average molecular weight is 265 g/mol. The molecule has 2 rings (SSSR count). The van der Waals surface area contributed by atoms with Gasteiger partial charge in [0.1, 0.15) is 13.6 Å². The molecule has 1 amide bonds. The summed E-state index contributed by atoms with van der Waals surface area (Å²) >= 11 is 0. The Bertz CT molecular complexity index is 633. The number of rotatable bonds is 3. The van der Waals surface area contributed by atoms with E-state index < -0.39 is 0 Å². The molecule has 2 aromatic carbocycles. The van der Waals surface area contributed by atoms with Crippen molar-refractivity contribution < 1.29 is 9.53 Å². The lowest BCUT2D eigenvalue weighted by Crippen LogP contribution is -2.16. The van der Waals surface area contributed by atoms with E-state index in [4.69, 9.17) is 12.6 Å². The van der Waals surface area contributed by atoms with Crippen LogP contribution in [0, 0.1) is 13.8 Å². The zero-order chi connectivity index (χ0) is 14.7. The number of amides is 1. The molecule has 0 unspecified atom stereocenters. The number of anilines is 1. The summed E-state index contributed by atoms with van der Waals surface area (Å²) in [5.41, 5.74) is 3.94. The van der Waals surface area contributed by atoms with Crippen molar-refractivity contribution >= 4 is 24.9 Å². The Labute approximate surface area is 120 Å². The summed E-state index contributed by atoms with van der Waals surface area (Å²) in [4.78, 5) is 12.2. The second-order valence-electron chi connectivity index (χ2n) is 4.79. The van der Waals surface area contributed by atoms with Gasteiger partial charge in [0.2, 0.25) is 0 Å². The SMILES string of the molecule is [B]c1cc(C(=O)Nc2cc(C)cc(C)c2)ccc1OC. The second kappa shape index (κ2) is 5.82. The Hall–Kier alpha value is -2.23. The van der Waals surface area contributed by atoms with Crippen molar-refractivity contribution in [2.45, 2.75) is 13.8 Å². The molecule has 0 heterocycles. The number of ether oxygens (including phenoxy) is 1. The van der Waals surface area contributed by atoms with Crippen LogP contribution in [0.2, 0.25) is 0 Å². The van der Waals surface area contributed by atoms with Gasteiger partial charge in [0.15, 0.2) is 0 Å². The Morgan fingerprint density at radius 1 is 1.10 bits per heavy atom. The Morgan fingerprint density at radius 2 is 1.75 bits per heavy atom. The molecule has 0 aromatic heterocycles. The summed E-state index contributed by atoms with van der Waals surface area (Å²) in [6, 6.07) is 10.9. The summed E-state index contributed by atoms with van der Waals surface area (Å²) < 4.78 is 5.07. The molecule has 0 aliphatic carbocycles. The van der Waals surface area contributed by atoms with Crippen LogP contribution < -0.4 is 15.5 Å². The first kappa shape index (κ1) is 14.2. The number of hydrogen-bond donors (Lipinski definition) is 1. The summed E-state index contributed by atoms with van der Waals surface area (Å²) in [6.07, 6.45) is 0. The van der Waals surface area contributed by atoms with E-state index in [0.29, 0.717) is 16.8 Å². The van der Waals surface area contributed by atoms with E-state index in [-0.39, 0.29) is 5.91 Å². The summed E-state index contributed by atoms with van der Waals surface area (Å²) in [5, 5.41) is 2.87. The van der Waals surface area contributed by atoms with Gasteiger partial charge in [-0.25, -0.2) is 0 Å². The van der Waals surface area contributed by atoms with Crippen LogP contribution in [0.3, 0.4) is 0 Å². The Balaban J connectivity index is 2.21. The minimum Gasteiger partial charge on any atom is -0.497 e. The minimum atomic E-state index is -0.190. The van der Waals surface area contributed by atoms with E-state index in [2.05, 4.69) is 11.4 Å². The topological polar surface area (TPSA) is 38.3 Å². The van der Waals surface area contributed by atoms with Crippen molar-refractivity contribution in [3.05, 3.63) is 53.1 Å². The highest BCUT2D eigenvalue weighted by molar-refractivity contribution is 6.34. The molecule has 0 bridgehead atoms. The monoisotopic (exact) mass is 265 g/mol. The van der Waals surface area contributed by atoms with Gasteiger partial charge in [-0.1, -0.05) is 17.6 Å². The van der Waals surface area contributed by atoms with Gasteiger partial charge in [-0.3, -0.25) is 4.79 Å². The maximum Gasteiger partial charge on any atom is 0.255 e. The number of carbonyl (C=O) groups is 1. The van der Waals surface area contributed by atoms with Crippen LogP contribution in [-0.2, 0) is 0 Å². The van der Waals surface area contributed by atoms with Gasteiger partial charge in [0.05, 0.1) is 7.11 Å². The van der Waals surface area contributed by atoms with Crippen molar-refractivity contribution in [1.29, 1.82) is 0 Å². The molecule has 2 radical (unpaired) electrons. The lowest BCUT2D eigenvalue weighted by atomic mass is 9.93. The summed E-state index contributed by atoms with van der Waals surface area (Å²) in [5.74, 6) is 0.373. The molecule has 0 saturated heterocycles. The third-order valence-corrected chi connectivity index (χ3v) is 2.97. The maximum absolute atomic E-state index is 12.2. The van der Waals surface area contributed by atoms with Gasteiger partial charge >= 0.3 is 0 Å². The number of benzene rings is 2. The summed E-state index contributed by atoms with van der Waals surface area (Å²) in [6.45, 7) is 3.99. The van der Waals surface area contributed by atoms with E-state index in [1.54, 1.807) is 25.3 Å². The summed E-state index contributed by atoms with van der Waals surface area (Å²) in [7, 11) is 7.35. The first-order valence-corrected chi connectivity index (χ1v) is 6.33. The molecular weight excluding hydrogens is 249 g/mol. The molecule has 3 nitrogen and oxygen atoms in total. The molecule has 100 valence electrons. The predicted molar refractivity (Wildman–Crippen MR) is 82.3 cm³/mol. The van der Waals surface area contributed by atoms with Gasteiger partial charge in [0.25, 0.3) is 5.91 Å². The second-order valence-corrected chi connectivity index (χ2v) is 4.79. The zero-order valence-corrected chi connectivity index (χ0v) is 11.9. The number of aryl methyl sites for hydroxylation is 2. The lowest BCUT2D eigenvalue weighted by Gasteiger charge is -2.10. The molecule has 0 spiro atoms. The number of nitrogens with one attached hydrogen (secondary N) is 1. The van der Waals surface area contributed by atoms with Crippen molar-refractivity contribution in [3.63, 3.8) is 0 Å². The average Bonchev–Trinajstić information content (AvgIpc) is 2.37. The van der Waals surface area contributed by atoms with Crippen molar-refractivity contribution in [3.8, 4) is 5.75 Å². The molecule has 1 N–H and O–H groups in total. The van der Waals surface area contributed by atoms with Crippen molar-refractivity contribution in [2.24, 2.45) is 0 Å².